The molecule has 1 aliphatic heterocycles. The molecule has 0 aliphatic carbocycles. The first-order chi connectivity index (χ1) is 16.0. The molecule has 2 unspecified atom stereocenters. The van der Waals surface area contributed by atoms with Gasteiger partial charge in [0, 0.05) is 26.2 Å². The molecule has 1 saturated heterocycles. The molecular formula is C26H32FN3O3. The molecule has 0 radical (unpaired) electrons. The van der Waals surface area contributed by atoms with Crippen molar-refractivity contribution >= 4 is 0 Å². The van der Waals surface area contributed by atoms with Gasteiger partial charge in [-0.3, -0.25) is 4.90 Å². The van der Waals surface area contributed by atoms with Gasteiger partial charge in [0.25, 0.3) is 0 Å². The molecule has 2 atom stereocenters. The number of aryl methyl sites for hydroxylation is 1. The van der Waals surface area contributed by atoms with Gasteiger partial charge in [-0.2, -0.15) is 5.10 Å². The Balaban J connectivity index is 1.68. The highest BCUT2D eigenvalue weighted by atomic mass is 19.1. The van der Waals surface area contributed by atoms with Crippen molar-refractivity contribution in [3.63, 3.8) is 0 Å². The Morgan fingerprint density at radius 1 is 1.21 bits per heavy atom. The number of benzene rings is 2. The lowest BCUT2D eigenvalue weighted by Crippen LogP contribution is -2.37. The van der Waals surface area contributed by atoms with Crippen LogP contribution in [0.3, 0.4) is 0 Å². The van der Waals surface area contributed by atoms with Crippen LogP contribution in [0.2, 0.25) is 0 Å². The average molecular weight is 454 g/mol. The zero-order chi connectivity index (χ0) is 23.2. The van der Waals surface area contributed by atoms with E-state index in [1.54, 1.807) is 16.8 Å². The molecule has 1 N–H and O–H groups in total. The molecule has 3 aromatic rings. The van der Waals surface area contributed by atoms with Crippen LogP contribution in [0.25, 0.3) is 5.69 Å². The van der Waals surface area contributed by atoms with Crippen LogP contribution in [0.1, 0.15) is 37.4 Å². The first-order valence-electron chi connectivity index (χ1n) is 11.6. The number of hydrogen-bond donors (Lipinski definition) is 1. The standard InChI is InChI=1S/C26H32FN3O3/c1-3-22(31)16-29(17-24-10-7-15-32-24)18-25-19(2)28-30(21-8-5-4-6-9-21)26(25)33-23-13-11-20(27)12-14-23/h4-6,8-9,11-14,22,24,31H,3,7,10,15-18H2,1-2H3. The zero-order valence-electron chi connectivity index (χ0n) is 19.3. The van der Waals surface area contributed by atoms with Gasteiger partial charge in [-0.15, -0.1) is 0 Å². The Morgan fingerprint density at radius 2 is 1.97 bits per heavy atom. The summed E-state index contributed by atoms with van der Waals surface area (Å²) >= 11 is 0. The maximum Gasteiger partial charge on any atom is 0.227 e. The second kappa shape index (κ2) is 10.9. The summed E-state index contributed by atoms with van der Waals surface area (Å²) in [6.45, 7) is 6.58. The fraction of sp³-hybridized carbons (Fsp3) is 0.423. The summed E-state index contributed by atoms with van der Waals surface area (Å²) in [6.07, 6.45) is 2.53. The van der Waals surface area contributed by atoms with E-state index in [0.29, 0.717) is 31.1 Å². The van der Waals surface area contributed by atoms with E-state index >= 15 is 0 Å². The topological polar surface area (TPSA) is 59.8 Å². The van der Waals surface area contributed by atoms with Gasteiger partial charge in [-0.25, -0.2) is 9.07 Å². The molecule has 1 fully saturated rings. The van der Waals surface area contributed by atoms with E-state index in [2.05, 4.69) is 4.90 Å². The summed E-state index contributed by atoms with van der Waals surface area (Å²) in [6, 6.07) is 15.8. The van der Waals surface area contributed by atoms with Gasteiger partial charge in [0.05, 0.1) is 29.2 Å². The van der Waals surface area contributed by atoms with Crippen molar-refractivity contribution in [2.75, 3.05) is 19.7 Å². The molecule has 2 aromatic carbocycles. The number of nitrogens with zero attached hydrogens (tertiary/aromatic N) is 3. The molecule has 0 spiro atoms. The number of para-hydroxylation sites is 1. The third-order valence-corrected chi connectivity index (χ3v) is 5.97. The number of hydrogen-bond acceptors (Lipinski definition) is 5. The normalized spacial score (nSPS) is 16.9. The summed E-state index contributed by atoms with van der Waals surface area (Å²) in [7, 11) is 0. The summed E-state index contributed by atoms with van der Waals surface area (Å²) in [5, 5.41) is 15.2. The fourth-order valence-electron chi connectivity index (χ4n) is 4.11. The van der Waals surface area contributed by atoms with Gasteiger partial charge in [-0.1, -0.05) is 25.1 Å². The monoisotopic (exact) mass is 453 g/mol. The van der Waals surface area contributed by atoms with E-state index in [9.17, 15) is 9.50 Å². The Kier molecular flexibility index (Phi) is 7.75. The summed E-state index contributed by atoms with van der Waals surface area (Å²) in [5.74, 6) is 0.814. The Labute approximate surface area is 194 Å². The van der Waals surface area contributed by atoms with Gasteiger partial charge in [-0.05, 0) is 62.6 Å². The van der Waals surface area contributed by atoms with Gasteiger partial charge < -0.3 is 14.6 Å². The number of rotatable bonds is 10. The molecule has 0 bridgehead atoms. The molecule has 1 aromatic heterocycles. The molecule has 7 heteroatoms. The third-order valence-electron chi connectivity index (χ3n) is 5.97. The lowest BCUT2D eigenvalue weighted by atomic mass is 10.1. The van der Waals surface area contributed by atoms with Gasteiger partial charge >= 0.3 is 0 Å². The van der Waals surface area contributed by atoms with Gasteiger partial charge in [0.1, 0.15) is 11.6 Å². The molecule has 6 nitrogen and oxygen atoms in total. The fourth-order valence-corrected chi connectivity index (χ4v) is 4.11. The van der Waals surface area contributed by atoms with Crippen LogP contribution in [0, 0.1) is 12.7 Å². The van der Waals surface area contributed by atoms with E-state index in [-0.39, 0.29) is 11.9 Å². The minimum Gasteiger partial charge on any atom is -0.439 e. The molecule has 2 heterocycles. The predicted molar refractivity (Wildman–Crippen MR) is 125 cm³/mol. The van der Waals surface area contributed by atoms with Crippen molar-refractivity contribution in [2.24, 2.45) is 0 Å². The lowest BCUT2D eigenvalue weighted by molar-refractivity contribution is 0.0451. The SMILES string of the molecule is CCC(O)CN(Cc1c(C)nn(-c2ccccc2)c1Oc1ccc(F)cc1)CC1CCCO1. The van der Waals surface area contributed by atoms with E-state index in [1.165, 1.54) is 12.1 Å². The smallest absolute Gasteiger partial charge is 0.227 e. The van der Waals surface area contributed by atoms with E-state index in [1.807, 2.05) is 44.2 Å². The second-order valence-corrected chi connectivity index (χ2v) is 8.56. The van der Waals surface area contributed by atoms with Crippen LogP contribution in [0.5, 0.6) is 11.6 Å². The third kappa shape index (κ3) is 5.99. The number of aliphatic hydroxyl groups is 1. The molecule has 176 valence electrons. The molecule has 33 heavy (non-hydrogen) atoms. The maximum atomic E-state index is 13.5. The number of halogens is 1. The van der Waals surface area contributed by atoms with Crippen LogP contribution >= 0.6 is 0 Å². The van der Waals surface area contributed by atoms with Crippen molar-refractivity contribution in [3.8, 4) is 17.3 Å². The predicted octanol–water partition coefficient (Wildman–Crippen LogP) is 4.86. The zero-order valence-corrected chi connectivity index (χ0v) is 19.3. The minimum atomic E-state index is -0.419. The average Bonchev–Trinajstić information content (AvgIpc) is 3.44. The molecular weight excluding hydrogens is 421 g/mol. The quantitative estimate of drug-likeness (QED) is 0.475. The largest absolute Gasteiger partial charge is 0.439 e. The van der Waals surface area contributed by atoms with Crippen molar-refractivity contribution in [2.45, 2.75) is 51.9 Å². The highest BCUT2D eigenvalue weighted by Crippen LogP contribution is 2.32. The van der Waals surface area contributed by atoms with Crippen LogP contribution < -0.4 is 4.74 Å². The van der Waals surface area contributed by atoms with E-state index in [0.717, 1.165) is 42.9 Å². The van der Waals surface area contributed by atoms with E-state index in [4.69, 9.17) is 14.6 Å². The van der Waals surface area contributed by atoms with Crippen molar-refractivity contribution < 1.29 is 19.0 Å². The van der Waals surface area contributed by atoms with Gasteiger partial charge in [0.2, 0.25) is 5.88 Å². The second-order valence-electron chi connectivity index (χ2n) is 8.56. The first kappa shape index (κ1) is 23.4. The van der Waals surface area contributed by atoms with Crippen molar-refractivity contribution in [1.29, 1.82) is 0 Å². The van der Waals surface area contributed by atoms with Crippen molar-refractivity contribution in [3.05, 3.63) is 71.7 Å². The number of aliphatic hydroxyl groups excluding tert-OH is 1. The van der Waals surface area contributed by atoms with Crippen LogP contribution in [0.15, 0.2) is 54.6 Å². The summed E-state index contributed by atoms with van der Waals surface area (Å²) < 4.78 is 27.4. The Bertz CT molecular complexity index is 1020. The number of aromatic nitrogens is 2. The van der Waals surface area contributed by atoms with E-state index < -0.39 is 6.10 Å². The van der Waals surface area contributed by atoms with Crippen LogP contribution in [-0.2, 0) is 11.3 Å². The molecule has 0 saturated carbocycles. The lowest BCUT2D eigenvalue weighted by Gasteiger charge is -2.27. The maximum absolute atomic E-state index is 13.5. The number of ether oxygens (including phenoxy) is 2. The first-order valence-corrected chi connectivity index (χ1v) is 11.6. The minimum absolute atomic E-state index is 0.167. The summed E-state index contributed by atoms with van der Waals surface area (Å²) in [5.41, 5.74) is 2.66. The highest BCUT2D eigenvalue weighted by molar-refractivity contribution is 5.43. The Morgan fingerprint density at radius 3 is 2.64 bits per heavy atom. The van der Waals surface area contributed by atoms with Crippen LogP contribution in [-0.4, -0.2) is 51.7 Å². The molecule has 0 amide bonds. The summed E-state index contributed by atoms with van der Waals surface area (Å²) in [4.78, 5) is 2.22. The van der Waals surface area contributed by atoms with Gasteiger partial charge in [0.15, 0.2) is 0 Å². The Hall–Kier alpha value is -2.74. The van der Waals surface area contributed by atoms with Crippen molar-refractivity contribution in [1.82, 2.24) is 14.7 Å². The highest BCUT2D eigenvalue weighted by Gasteiger charge is 2.25. The van der Waals surface area contributed by atoms with Crippen LogP contribution in [0.4, 0.5) is 4.39 Å². The molecule has 1 aliphatic rings. The molecule has 4 rings (SSSR count).